The molecular formula is C21H28ClIN4O. The van der Waals surface area contributed by atoms with E-state index >= 15 is 0 Å². The van der Waals surface area contributed by atoms with Crippen LogP contribution in [0.15, 0.2) is 53.5 Å². The molecule has 5 nitrogen and oxygen atoms in total. The Bertz CT molecular complexity index is 783. The van der Waals surface area contributed by atoms with Crippen LogP contribution in [0, 0.1) is 0 Å². The van der Waals surface area contributed by atoms with Crippen LogP contribution in [-0.2, 0) is 13.0 Å². The molecule has 2 rings (SSSR count). The lowest BCUT2D eigenvalue weighted by atomic mass is 10.1. The maximum Gasteiger partial charge on any atom is 0.251 e. The van der Waals surface area contributed by atoms with Gasteiger partial charge in [-0.05, 0) is 48.2 Å². The Morgan fingerprint density at radius 1 is 1.00 bits per heavy atom. The number of hydrogen-bond donors (Lipinski definition) is 3. The molecule has 0 aliphatic heterocycles. The lowest BCUT2D eigenvalue weighted by molar-refractivity contribution is 0.0953. The Hall–Kier alpha value is -1.80. The van der Waals surface area contributed by atoms with Crippen LogP contribution in [-0.4, -0.2) is 32.0 Å². The van der Waals surface area contributed by atoms with E-state index in [9.17, 15) is 4.79 Å². The summed E-state index contributed by atoms with van der Waals surface area (Å²) in [7, 11) is 1.74. The number of benzene rings is 2. The van der Waals surface area contributed by atoms with E-state index in [0.717, 1.165) is 35.9 Å². The van der Waals surface area contributed by atoms with Crippen LogP contribution < -0.4 is 16.0 Å². The van der Waals surface area contributed by atoms with Crippen molar-refractivity contribution in [2.75, 3.05) is 20.1 Å². The predicted molar refractivity (Wildman–Crippen MR) is 128 cm³/mol. The maximum absolute atomic E-state index is 12.1. The number of rotatable bonds is 8. The summed E-state index contributed by atoms with van der Waals surface area (Å²) < 4.78 is 0. The zero-order valence-electron chi connectivity index (χ0n) is 16.3. The number of amides is 1. The number of guanidine groups is 1. The van der Waals surface area contributed by atoms with E-state index in [2.05, 4.69) is 27.0 Å². The van der Waals surface area contributed by atoms with Gasteiger partial charge in [-0.25, -0.2) is 0 Å². The fourth-order valence-electron chi connectivity index (χ4n) is 2.59. The van der Waals surface area contributed by atoms with E-state index in [1.807, 2.05) is 49.4 Å². The highest BCUT2D eigenvalue weighted by atomic mass is 127. The first-order valence-electron chi connectivity index (χ1n) is 9.18. The predicted octanol–water partition coefficient (Wildman–Crippen LogP) is 4.01. The number of aliphatic imine (C=N–C) groups is 1. The monoisotopic (exact) mass is 514 g/mol. The summed E-state index contributed by atoms with van der Waals surface area (Å²) in [5.74, 6) is 0.681. The lowest BCUT2D eigenvalue weighted by Crippen LogP contribution is -2.37. The van der Waals surface area contributed by atoms with Gasteiger partial charge in [-0.2, -0.15) is 0 Å². The van der Waals surface area contributed by atoms with Gasteiger partial charge in [0.1, 0.15) is 0 Å². The van der Waals surface area contributed by atoms with Crippen LogP contribution in [0.2, 0.25) is 5.02 Å². The number of hydrogen-bond acceptors (Lipinski definition) is 2. The lowest BCUT2D eigenvalue weighted by Gasteiger charge is -2.13. The van der Waals surface area contributed by atoms with Gasteiger partial charge in [0.25, 0.3) is 5.91 Å². The average molecular weight is 515 g/mol. The number of carbonyl (C=O) groups is 1. The molecule has 0 saturated heterocycles. The van der Waals surface area contributed by atoms with Crippen molar-refractivity contribution in [2.45, 2.75) is 26.3 Å². The number of nitrogens with zero attached hydrogens (tertiary/aromatic N) is 1. The first kappa shape index (κ1) is 24.2. The van der Waals surface area contributed by atoms with Crippen molar-refractivity contribution in [1.82, 2.24) is 16.0 Å². The first-order valence-corrected chi connectivity index (χ1v) is 9.56. The molecule has 2 aromatic rings. The molecule has 1 amide bonds. The zero-order chi connectivity index (χ0) is 19.5. The summed E-state index contributed by atoms with van der Waals surface area (Å²) in [6, 6.07) is 15.5. The van der Waals surface area contributed by atoms with Crippen molar-refractivity contribution in [3.8, 4) is 0 Å². The molecular weight excluding hydrogens is 487 g/mol. The first-order chi connectivity index (χ1) is 13.1. The molecule has 0 radical (unpaired) electrons. The minimum absolute atomic E-state index is 0. The van der Waals surface area contributed by atoms with E-state index in [-0.39, 0.29) is 29.9 Å². The van der Waals surface area contributed by atoms with Crippen LogP contribution >= 0.6 is 35.6 Å². The van der Waals surface area contributed by atoms with Crippen LogP contribution in [0.5, 0.6) is 0 Å². The maximum atomic E-state index is 12.1. The smallest absolute Gasteiger partial charge is 0.251 e. The molecule has 0 saturated carbocycles. The fraction of sp³-hybridized carbons (Fsp3) is 0.333. The molecule has 0 aliphatic rings. The van der Waals surface area contributed by atoms with Crippen LogP contribution in [0.3, 0.4) is 0 Å². The van der Waals surface area contributed by atoms with Gasteiger partial charge in [-0.1, -0.05) is 42.8 Å². The van der Waals surface area contributed by atoms with Gasteiger partial charge >= 0.3 is 0 Å². The van der Waals surface area contributed by atoms with Crippen molar-refractivity contribution < 1.29 is 4.79 Å². The fourth-order valence-corrected chi connectivity index (χ4v) is 2.80. The van der Waals surface area contributed by atoms with Crippen LogP contribution in [0.4, 0.5) is 0 Å². The average Bonchev–Trinajstić information content (AvgIpc) is 2.69. The number of carbonyl (C=O) groups excluding carboxylic acids is 1. The molecule has 0 spiro atoms. The second-order valence-electron chi connectivity index (χ2n) is 6.19. The zero-order valence-corrected chi connectivity index (χ0v) is 19.4. The van der Waals surface area contributed by atoms with Gasteiger partial charge in [0.2, 0.25) is 0 Å². The summed E-state index contributed by atoms with van der Waals surface area (Å²) in [5.41, 5.74) is 2.87. The van der Waals surface area contributed by atoms with Gasteiger partial charge in [-0.3, -0.25) is 9.79 Å². The second kappa shape index (κ2) is 13.4. The molecule has 152 valence electrons. The minimum atomic E-state index is -0.0391. The Balaban J connectivity index is 0.00000392. The molecule has 0 heterocycles. The number of nitrogens with one attached hydrogen (secondary N) is 3. The Morgan fingerprint density at radius 3 is 2.46 bits per heavy atom. The third kappa shape index (κ3) is 8.48. The van der Waals surface area contributed by atoms with Crippen molar-refractivity contribution in [1.29, 1.82) is 0 Å². The molecule has 0 atom stereocenters. The summed E-state index contributed by atoms with van der Waals surface area (Å²) >= 11 is 6.01. The van der Waals surface area contributed by atoms with E-state index in [4.69, 9.17) is 11.6 Å². The Kier molecular flexibility index (Phi) is 11.6. The highest BCUT2D eigenvalue weighted by Crippen LogP contribution is 2.10. The van der Waals surface area contributed by atoms with Crippen molar-refractivity contribution in [3.05, 3.63) is 70.2 Å². The molecule has 0 unspecified atom stereocenters. The molecule has 0 aromatic heterocycles. The van der Waals surface area contributed by atoms with E-state index in [1.165, 1.54) is 5.56 Å². The second-order valence-corrected chi connectivity index (χ2v) is 6.63. The molecule has 3 N–H and O–H groups in total. The molecule has 2 aromatic carbocycles. The Morgan fingerprint density at radius 2 is 1.75 bits per heavy atom. The van der Waals surface area contributed by atoms with E-state index < -0.39 is 0 Å². The highest BCUT2D eigenvalue weighted by molar-refractivity contribution is 14.0. The highest BCUT2D eigenvalue weighted by Gasteiger charge is 2.06. The van der Waals surface area contributed by atoms with Gasteiger partial charge in [0.15, 0.2) is 5.96 Å². The third-order valence-corrected chi connectivity index (χ3v) is 4.24. The van der Waals surface area contributed by atoms with Gasteiger partial charge in [-0.15, -0.1) is 24.0 Å². The van der Waals surface area contributed by atoms with Crippen LogP contribution in [0.25, 0.3) is 0 Å². The minimum Gasteiger partial charge on any atom is -0.356 e. The molecule has 0 fully saturated rings. The SMILES string of the molecule is CCCNC(=O)c1cccc(CNC(=NC)NCCc2cccc(Cl)c2)c1.I. The van der Waals surface area contributed by atoms with E-state index in [0.29, 0.717) is 18.7 Å². The molecule has 7 heteroatoms. The van der Waals surface area contributed by atoms with Crippen LogP contribution in [0.1, 0.15) is 34.8 Å². The summed E-state index contributed by atoms with van der Waals surface area (Å²) in [6.45, 7) is 4.06. The summed E-state index contributed by atoms with van der Waals surface area (Å²) in [5, 5.41) is 10.2. The summed E-state index contributed by atoms with van der Waals surface area (Å²) in [6.07, 6.45) is 1.78. The Labute approximate surface area is 189 Å². The number of halogens is 2. The normalized spacial score (nSPS) is 10.8. The molecule has 28 heavy (non-hydrogen) atoms. The standard InChI is InChI=1S/C21H27ClN4O.HI/c1-3-11-24-20(27)18-8-4-7-17(13-18)15-26-21(23-2)25-12-10-16-6-5-9-19(22)14-16;/h4-9,13-14H,3,10-12,15H2,1-2H3,(H,24,27)(H2,23,25,26);1H. The van der Waals surface area contributed by atoms with Gasteiger partial charge in [0, 0.05) is 37.3 Å². The van der Waals surface area contributed by atoms with Gasteiger partial charge in [0.05, 0.1) is 0 Å². The van der Waals surface area contributed by atoms with Crippen molar-refractivity contribution in [2.24, 2.45) is 4.99 Å². The van der Waals surface area contributed by atoms with Crippen molar-refractivity contribution >= 4 is 47.4 Å². The largest absolute Gasteiger partial charge is 0.356 e. The molecule has 0 bridgehead atoms. The topological polar surface area (TPSA) is 65.5 Å². The van der Waals surface area contributed by atoms with E-state index in [1.54, 1.807) is 7.05 Å². The summed E-state index contributed by atoms with van der Waals surface area (Å²) in [4.78, 5) is 16.3. The third-order valence-electron chi connectivity index (χ3n) is 4.00. The molecule has 0 aliphatic carbocycles. The van der Waals surface area contributed by atoms with Crippen molar-refractivity contribution in [3.63, 3.8) is 0 Å². The van der Waals surface area contributed by atoms with Gasteiger partial charge < -0.3 is 16.0 Å². The quantitative estimate of drug-likeness (QED) is 0.283.